The number of nitrogens with zero attached hydrogens (tertiary/aromatic N) is 2. The first-order valence-electron chi connectivity index (χ1n) is 16.3. The Morgan fingerprint density at radius 2 is 1.08 bits per heavy atom. The third-order valence-corrected chi connectivity index (χ3v) is 10.4. The van der Waals surface area contributed by atoms with Gasteiger partial charge in [0.1, 0.15) is 28.7 Å². The maximum atomic E-state index is 6.86. The summed E-state index contributed by atoms with van der Waals surface area (Å²) in [5.74, 6) is 0. The molecule has 0 saturated heterocycles. The fourth-order valence-electron chi connectivity index (χ4n) is 8.56. The highest BCUT2D eigenvalue weighted by Gasteiger charge is 2.50. The summed E-state index contributed by atoms with van der Waals surface area (Å²) in [4.78, 5) is 2.37. The number of hydrogen-bond donors (Lipinski definition) is 0. The summed E-state index contributed by atoms with van der Waals surface area (Å²) >= 11 is 0. The SMILES string of the molecule is c1ccc2c(N3c4cc(-n5c6ccccc6c6ccccc65)cc5c4B(c4oc6ccccc6c4-5)c4oc5ccccc5c43)coc2c1. The molecule has 0 bridgehead atoms. The second-order valence-electron chi connectivity index (χ2n) is 12.8. The van der Waals surface area contributed by atoms with Gasteiger partial charge in [-0.1, -0.05) is 78.9 Å². The van der Waals surface area contributed by atoms with Crippen molar-refractivity contribution in [1.82, 2.24) is 4.57 Å². The first-order chi connectivity index (χ1) is 23.8. The number of fused-ring (bicyclic) bond motifs is 13. The van der Waals surface area contributed by atoms with Crippen LogP contribution >= 0.6 is 0 Å². The van der Waals surface area contributed by atoms with E-state index < -0.39 is 0 Å². The second-order valence-corrected chi connectivity index (χ2v) is 12.8. The van der Waals surface area contributed by atoms with Crippen molar-refractivity contribution in [1.29, 1.82) is 0 Å². The zero-order chi connectivity index (χ0) is 31.1. The van der Waals surface area contributed by atoms with Gasteiger partial charge in [-0.05, 0) is 65.6 Å². The Bertz CT molecular complexity index is 2940. The highest BCUT2D eigenvalue weighted by Crippen LogP contribution is 2.49. The van der Waals surface area contributed by atoms with Crippen LogP contribution in [-0.4, -0.2) is 11.3 Å². The van der Waals surface area contributed by atoms with Gasteiger partial charge in [-0.15, -0.1) is 0 Å². The lowest BCUT2D eigenvalue weighted by Gasteiger charge is -2.32. The molecule has 0 amide bonds. The molecule has 222 valence electrons. The fourth-order valence-corrected chi connectivity index (χ4v) is 8.56. The van der Waals surface area contributed by atoms with E-state index in [4.69, 9.17) is 13.3 Å². The van der Waals surface area contributed by atoms with Gasteiger partial charge >= 0.3 is 6.71 Å². The lowest BCUT2D eigenvalue weighted by Crippen LogP contribution is -2.53. The molecule has 6 heterocycles. The molecule has 6 heteroatoms. The molecule has 4 aromatic heterocycles. The molecule has 0 N–H and O–H groups in total. The van der Waals surface area contributed by atoms with Crippen LogP contribution in [0.15, 0.2) is 153 Å². The number of rotatable bonds is 2. The van der Waals surface area contributed by atoms with Gasteiger partial charge in [0.25, 0.3) is 0 Å². The summed E-state index contributed by atoms with van der Waals surface area (Å²) < 4.78 is 22.3. The lowest BCUT2D eigenvalue weighted by atomic mass is 9.41. The first kappa shape index (κ1) is 24.8. The average Bonchev–Trinajstić information content (AvgIpc) is 3.94. The number of anilines is 3. The van der Waals surface area contributed by atoms with Crippen LogP contribution in [0, 0.1) is 0 Å². The second kappa shape index (κ2) is 8.69. The molecule has 10 aromatic rings. The van der Waals surface area contributed by atoms with Crippen molar-refractivity contribution in [3.63, 3.8) is 0 Å². The summed E-state index contributed by atoms with van der Waals surface area (Å²) in [5.41, 5.74) is 14.4. The smallest absolute Gasteiger partial charge is 0.338 e. The van der Waals surface area contributed by atoms with Crippen LogP contribution in [-0.2, 0) is 0 Å². The van der Waals surface area contributed by atoms with Crippen molar-refractivity contribution >= 4 is 95.3 Å². The van der Waals surface area contributed by atoms with Crippen LogP contribution in [0.25, 0.3) is 71.5 Å². The van der Waals surface area contributed by atoms with Crippen LogP contribution in [0.3, 0.4) is 0 Å². The molecule has 12 rings (SSSR count). The molecule has 2 aliphatic heterocycles. The van der Waals surface area contributed by atoms with Gasteiger partial charge in [0.2, 0.25) is 0 Å². The molecule has 0 atom stereocenters. The number of aromatic nitrogens is 1. The van der Waals surface area contributed by atoms with Crippen LogP contribution in [0.5, 0.6) is 0 Å². The van der Waals surface area contributed by atoms with Crippen LogP contribution in [0.2, 0.25) is 0 Å². The molecule has 48 heavy (non-hydrogen) atoms. The third-order valence-electron chi connectivity index (χ3n) is 10.4. The van der Waals surface area contributed by atoms with Crippen LogP contribution in [0.1, 0.15) is 0 Å². The Morgan fingerprint density at radius 1 is 0.500 bits per heavy atom. The molecule has 0 spiro atoms. The van der Waals surface area contributed by atoms with Crippen molar-refractivity contribution in [3.8, 4) is 16.8 Å². The zero-order valence-corrected chi connectivity index (χ0v) is 25.5. The maximum absolute atomic E-state index is 6.86. The fraction of sp³-hybridized carbons (Fsp3) is 0. The van der Waals surface area contributed by atoms with Gasteiger partial charge in [-0.25, -0.2) is 0 Å². The van der Waals surface area contributed by atoms with E-state index in [0.717, 1.165) is 72.5 Å². The van der Waals surface area contributed by atoms with E-state index >= 15 is 0 Å². The minimum absolute atomic E-state index is 0.193. The molecule has 2 aliphatic rings. The predicted octanol–water partition coefficient (Wildman–Crippen LogP) is 9.30. The topological polar surface area (TPSA) is 47.6 Å². The molecule has 0 unspecified atom stereocenters. The van der Waals surface area contributed by atoms with Gasteiger partial charge in [0, 0.05) is 43.9 Å². The van der Waals surface area contributed by atoms with Gasteiger partial charge in [0.15, 0.2) is 0 Å². The van der Waals surface area contributed by atoms with E-state index in [1.807, 2.05) is 30.5 Å². The van der Waals surface area contributed by atoms with E-state index in [0.29, 0.717) is 0 Å². The van der Waals surface area contributed by atoms with E-state index in [1.165, 1.54) is 32.8 Å². The van der Waals surface area contributed by atoms with Crippen molar-refractivity contribution in [3.05, 3.63) is 140 Å². The normalized spacial score (nSPS) is 13.3. The molecule has 0 aliphatic carbocycles. The third kappa shape index (κ3) is 2.94. The summed E-state index contributed by atoms with van der Waals surface area (Å²) in [7, 11) is 0. The largest absolute Gasteiger partial charge is 0.469 e. The summed E-state index contributed by atoms with van der Waals surface area (Å²) in [6.45, 7) is -0.193. The Labute approximate surface area is 273 Å². The Balaban J connectivity index is 1.28. The van der Waals surface area contributed by atoms with Gasteiger partial charge in [-0.2, -0.15) is 0 Å². The average molecular weight is 614 g/mol. The Morgan fingerprint density at radius 3 is 1.83 bits per heavy atom. The Hall–Kier alpha value is -6.40. The summed E-state index contributed by atoms with van der Waals surface area (Å²) in [5, 5.41) is 5.67. The molecule has 5 nitrogen and oxygen atoms in total. The quantitative estimate of drug-likeness (QED) is 0.182. The monoisotopic (exact) mass is 614 g/mol. The van der Waals surface area contributed by atoms with Gasteiger partial charge in [0.05, 0.1) is 28.1 Å². The number of furan rings is 3. The van der Waals surface area contributed by atoms with E-state index in [1.54, 1.807) is 0 Å². The van der Waals surface area contributed by atoms with Crippen molar-refractivity contribution in [2.75, 3.05) is 4.90 Å². The highest BCUT2D eigenvalue weighted by atomic mass is 16.3. The minimum Gasteiger partial charge on any atom is -0.469 e. The van der Waals surface area contributed by atoms with Crippen LogP contribution < -0.4 is 21.7 Å². The lowest BCUT2D eigenvalue weighted by molar-refractivity contribution is 0.616. The standard InChI is InChI=1S/C42H23BN2O3/c1-6-16-31-25(11-1)26-12-2-7-17-32(26)44(31)24-21-30-38-28-14-4-9-19-36(28)47-41(38)43-39(30)33(22-24)45(34-23-46-35-18-8-3-13-27(34)35)40-29-15-5-10-20-37(29)48-42(40)43/h1-23H. The molecule has 0 fully saturated rings. The zero-order valence-electron chi connectivity index (χ0n) is 25.5. The van der Waals surface area contributed by atoms with Gasteiger partial charge < -0.3 is 22.7 Å². The van der Waals surface area contributed by atoms with Gasteiger partial charge in [-0.3, -0.25) is 0 Å². The molecule has 6 aromatic carbocycles. The van der Waals surface area contributed by atoms with Crippen LogP contribution in [0.4, 0.5) is 17.1 Å². The molecule has 0 saturated carbocycles. The van der Waals surface area contributed by atoms with Crippen molar-refractivity contribution < 1.29 is 13.3 Å². The summed E-state index contributed by atoms with van der Waals surface area (Å²) in [6.07, 6.45) is 1.89. The number of benzene rings is 6. The first-order valence-corrected chi connectivity index (χ1v) is 16.3. The molecular formula is C42H23BN2O3. The van der Waals surface area contributed by atoms with Crippen molar-refractivity contribution in [2.45, 2.75) is 0 Å². The number of para-hydroxylation sites is 5. The minimum atomic E-state index is -0.193. The molecular weight excluding hydrogens is 591 g/mol. The van der Waals surface area contributed by atoms with Crippen molar-refractivity contribution in [2.24, 2.45) is 0 Å². The van der Waals surface area contributed by atoms with E-state index in [9.17, 15) is 0 Å². The summed E-state index contributed by atoms with van der Waals surface area (Å²) in [6, 6.07) is 47.1. The highest BCUT2D eigenvalue weighted by molar-refractivity contribution is 7.00. The molecule has 0 radical (unpaired) electrons. The number of hydrogen-bond acceptors (Lipinski definition) is 4. The Kier molecular flexibility index (Phi) is 4.49. The predicted molar refractivity (Wildman–Crippen MR) is 195 cm³/mol. The maximum Gasteiger partial charge on any atom is 0.338 e. The van der Waals surface area contributed by atoms with E-state index in [-0.39, 0.29) is 6.71 Å². The van der Waals surface area contributed by atoms with E-state index in [2.05, 4.69) is 119 Å².